The number of ether oxygens (including phenoxy) is 1. The zero-order chi connectivity index (χ0) is 12.7. The minimum absolute atomic E-state index is 0.497. The number of hydrogen-bond donors (Lipinski definition) is 0. The normalized spacial score (nSPS) is 14.8. The summed E-state index contributed by atoms with van der Waals surface area (Å²) in [7, 11) is 5.92. The maximum atomic E-state index is 5.49. The first-order valence-corrected chi connectivity index (χ1v) is 6.19. The molecule has 0 aliphatic carbocycles. The Morgan fingerprint density at radius 2 is 1.81 bits per heavy atom. The maximum absolute atomic E-state index is 5.49. The van der Waals surface area contributed by atoms with Gasteiger partial charge in [-0.05, 0) is 26.7 Å². The molecule has 0 heterocycles. The highest BCUT2D eigenvalue weighted by atomic mass is 16.5. The first kappa shape index (κ1) is 15.3. The summed E-state index contributed by atoms with van der Waals surface area (Å²) in [5.41, 5.74) is 1.23. The van der Waals surface area contributed by atoms with Crippen molar-refractivity contribution in [3.8, 4) is 0 Å². The molecule has 0 fully saturated rings. The molecule has 16 heavy (non-hydrogen) atoms. The Morgan fingerprint density at radius 1 is 1.25 bits per heavy atom. The molecule has 0 saturated carbocycles. The van der Waals surface area contributed by atoms with Crippen LogP contribution in [0.2, 0.25) is 0 Å². The standard InChI is InChI=1S/C13H28N2O/c1-8-10-13(16-7)12(4)15(14(5)6)11(3)9-2/h11H,8-10H2,1-7H3/b13-12+. The van der Waals surface area contributed by atoms with Gasteiger partial charge in [0.25, 0.3) is 0 Å². The fraction of sp³-hybridized carbons (Fsp3) is 0.846. The van der Waals surface area contributed by atoms with Gasteiger partial charge in [-0.15, -0.1) is 0 Å². The quantitative estimate of drug-likeness (QED) is 0.491. The van der Waals surface area contributed by atoms with Gasteiger partial charge in [-0.1, -0.05) is 13.8 Å². The van der Waals surface area contributed by atoms with E-state index in [0.29, 0.717) is 6.04 Å². The second-order valence-corrected chi connectivity index (χ2v) is 4.41. The minimum Gasteiger partial charge on any atom is -0.499 e. The SMILES string of the molecule is CCC/C(OC)=C(/C)N(C(C)CC)N(C)C. The van der Waals surface area contributed by atoms with Crippen LogP contribution in [0.5, 0.6) is 0 Å². The predicted molar refractivity (Wildman–Crippen MR) is 69.9 cm³/mol. The van der Waals surface area contributed by atoms with E-state index < -0.39 is 0 Å². The summed E-state index contributed by atoms with van der Waals surface area (Å²) in [6.07, 6.45) is 3.24. The van der Waals surface area contributed by atoms with Crippen molar-refractivity contribution in [3.63, 3.8) is 0 Å². The molecule has 3 heteroatoms. The largest absolute Gasteiger partial charge is 0.499 e. The second kappa shape index (κ2) is 7.55. The van der Waals surface area contributed by atoms with Crippen LogP contribution in [-0.2, 0) is 4.74 Å². The molecule has 0 aliphatic rings. The molecule has 0 saturated heterocycles. The van der Waals surface area contributed by atoms with E-state index in [1.807, 2.05) is 0 Å². The van der Waals surface area contributed by atoms with Crippen LogP contribution in [-0.4, -0.2) is 37.3 Å². The molecule has 0 N–H and O–H groups in total. The molecule has 0 aromatic carbocycles. The molecule has 0 rings (SSSR count). The lowest BCUT2D eigenvalue weighted by Gasteiger charge is -2.37. The van der Waals surface area contributed by atoms with Crippen LogP contribution in [0.3, 0.4) is 0 Å². The molecule has 1 unspecified atom stereocenters. The minimum atomic E-state index is 0.497. The van der Waals surface area contributed by atoms with E-state index in [0.717, 1.165) is 25.0 Å². The lowest BCUT2D eigenvalue weighted by Crippen LogP contribution is -2.42. The third-order valence-electron chi connectivity index (χ3n) is 2.91. The average molecular weight is 228 g/mol. The first-order chi connectivity index (χ1) is 7.49. The summed E-state index contributed by atoms with van der Waals surface area (Å²) in [4.78, 5) is 0. The van der Waals surface area contributed by atoms with Gasteiger partial charge in [0.1, 0.15) is 5.76 Å². The van der Waals surface area contributed by atoms with Crippen LogP contribution in [0.1, 0.15) is 47.0 Å². The van der Waals surface area contributed by atoms with Crippen LogP contribution in [0.25, 0.3) is 0 Å². The van der Waals surface area contributed by atoms with Crippen molar-refractivity contribution in [2.75, 3.05) is 21.2 Å². The molecule has 1 atom stereocenters. The number of hydrogen-bond acceptors (Lipinski definition) is 3. The van der Waals surface area contributed by atoms with Gasteiger partial charge in [0.15, 0.2) is 0 Å². The van der Waals surface area contributed by atoms with E-state index in [4.69, 9.17) is 4.74 Å². The average Bonchev–Trinajstić information content (AvgIpc) is 2.24. The number of rotatable bonds is 7. The van der Waals surface area contributed by atoms with Gasteiger partial charge in [-0.2, -0.15) is 0 Å². The van der Waals surface area contributed by atoms with Crippen molar-refractivity contribution < 1.29 is 4.74 Å². The van der Waals surface area contributed by atoms with Crippen molar-refractivity contribution in [3.05, 3.63) is 11.5 Å². The molecule has 0 amide bonds. The van der Waals surface area contributed by atoms with Crippen LogP contribution in [0.15, 0.2) is 11.5 Å². The highest BCUT2D eigenvalue weighted by molar-refractivity contribution is 5.05. The molecule has 3 nitrogen and oxygen atoms in total. The van der Waals surface area contributed by atoms with Gasteiger partial charge in [0.05, 0.1) is 12.8 Å². The van der Waals surface area contributed by atoms with E-state index >= 15 is 0 Å². The van der Waals surface area contributed by atoms with Crippen LogP contribution in [0, 0.1) is 0 Å². The number of hydrazine groups is 1. The molecule has 0 aliphatic heterocycles. The van der Waals surface area contributed by atoms with Crippen molar-refractivity contribution >= 4 is 0 Å². The van der Waals surface area contributed by atoms with E-state index in [1.165, 1.54) is 5.70 Å². The summed E-state index contributed by atoms with van der Waals surface area (Å²) in [5, 5.41) is 4.44. The Balaban J connectivity index is 5.02. The summed E-state index contributed by atoms with van der Waals surface area (Å²) in [6.45, 7) is 8.76. The molecular weight excluding hydrogens is 200 g/mol. The van der Waals surface area contributed by atoms with E-state index in [1.54, 1.807) is 7.11 Å². The van der Waals surface area contributed by atoms with Gasteiger partial charge in [-0.3, -0.25) is 0 Å². The zero-order valence-corrected chi connectivity index (χ0v) is 12.0. The molecule has 0 aromatic heterocycles. The molecular formula is C13H28N2O. The summed E-state index contributed by atoms with van der Waals surface area (Å²) in [5.74, 6) is 1.09. The number of allylic oxidation sites excluding steroid dienone is 2. The van der Waals surface area contributed by atoms with Gasteiger partial charge in [0.2, 0.25) is 0 Å². The van der Waals surface area contributed by atoms with Gasteiger partial charge >= 0.3 is 0 Å². The lowest BCUT2D eigenvalue weighted by molar-refractivity contribution is 0.0179. The highest BCUT2D eigenvalue weighted by Crippen LogP contribution is 2.20. The zero-order valence-electron chi connectivity index (χ0n) is 12.0. The number of nitrogens with zero attached hydrogens (tertiary/aromatic N) is 2. The van der Waals surface area contributed by atoms with Gasteiger partial charge < -0.3 is 9.75 Å². The molecule has 0 aromatic rings. The fourth-order valence-electron chi connectivity index (χ4n) is 1.98. The Hall–Kier alpha value is -0.700. The summed E-state index contributed by atoms with van der Waals surface area (Å²) in [6, 6.07) is 0.497. The van der Waals surface area contributed by atoms with Crippen LogP contribution in [0.4, 0.5) is 0 Å². The van der Waals surface area contributed by atoms with E-state index in [2.05, 4.69) is 51.8 Å². The summed E-state index contributed by atoms with van der Waals surface area (Å²) >= 11 is 0. The Labute approximate surface area is 101 Å². The first-order valence-electron chi connectivity index (χ1n) is 6.19. The molecule has 0 bridgehead atoms. The highest BCUT2D eigenvalue weighted by Gasteiger charge is 2.18. The molecule has 96 valence electrons. The molecule has 0 radical (unpaired) electrons. The topological polar surface area (TPSA) is 15.7 Å². The Bertz CT molecular complexity index is 224. The van der Waals surface area contributed by atoms with E-state index in [-0.39, 0.29) is 0 Å². The third-order valence-corrected chi connectivity index (χ3v) is 2.91. The lowest BCUT2D eigenvalue weighted by atomic mass is 10.2. The monoisotopic (exact) mass is 228 g/mol. The van der Waals surface area contributed by atoms with Gasteiger partial charge in [-0.25, -0.2) is 5.01 Å². The third kappa shape index (κ3) is 4.05. The van der Waals surface area contributed by atoms with Crippen LogP contribution >= 0.6 is 0 Å². The smallest absolute Gasteiger partial charge is 0.116 e. The summed E-state index contributed by atoms with van der Waals surface area (Å²) < 4.78 is 5.49. The van der Waals surface area contributed by atoms with Gasteiger partial charge in [0, 0.05) is 26.6 Å². The fourth-order valence-corrected chi connectivity index (χ4v) is 1.98. The van der Waals surface area contributed by atoms with Crippen molar-refractivity contribution in [2.45, 2.75) is 53.0 Å². The predicted octanol–water partition coefficient (Wildman–Crippen LogP) is 3.24. The van der Waals surface area contributed by atoms with Crippen LogP contribution < -0.4 is 0 Å². The van der Waals surface area contributed by atoms with Crippen molar-refractivity contribution in [1.82, 2.24) is 10.0 Å². The Kier molecular flexibility index (Phi) is 7.22. The van der Waals surface area contributed by atoms with Crippen molar-refractivity contribution in [1.29, 1.82) is 0 Å². The maximum Gasteiger partial charge on any atom is 0.116 e. The van der Waals surface area contributed by atoms with E-state index in [9.17, 15) is 0 Å². The second-order valence-electron chi connectivity index (χ2n) is 4.41. The Morgan fingerprint density at radius 3 is 2.12 bits per heavy atom. The molecule has 0 spiro atoms. The van der Waals surface area contributed by atoms with Crippen molar-refractivity contribution in [2.24, 2.45) is 0 Å². The number of methoxy groups -OCH3 is 1.